The SMILES string of the molecule is CCN(CC)C(=O)c1cc([N+](=O)[O-])cc(S(=O)(=O)Cl)c1Cl. The lowest BCUT2D eigenvalue weighted by molar-refractivity contribution is -0.385. The van der Waals surface area contributed by atoms with Gasteiger partial charge in [-0.3, -0.25) is 14.9 Å². The van der Waals surface area contributed by atoms with E-state index >= 15 is 0 Å². The number of amides is 1. The van der Waals surface area contributed by atoms with Crippen molar-refractivity contribution in [2.45, 2.75) is 18.7 Å². The summed E-state index contributed by atoms with van der Waals surface area (Å²) in [5, 5.41) is 10.5. The van der Waals surface area contributed by atoms with Gasteiger partial charge in [-0.1, -0.05) is 11.6 Å². The van der Waals surface area contributed by atoms with Gasteiger partial charge in [0.25, 0.3) is 20.6 Å². The van der Waals surface area contributed by atoms with Crippen LogP contribution >= 0.6 is 22.3 Å². The highest BCUT2D eigenvalue weighted by Crippen LogP contribution is 2.33. The van der Waals surface area contributed by atoms with Gasteiger partial charge in [-0.15, -0.1) is 0 Å². The van der Waals surface area contributed by atoms with Crippen LogP contribution in [0.4, 0.5) is 5.69 Å². The van der Waals surface area contributed by atoms with Gasteiger partial charge in [-0.05, 0) is 13.8 Å². The van der Waals surface area contributed by atoms with Crippen molar-refractivity contribution < 1.29 is 18.1 Å². The summed E-state index contributed by atoms with van der Waals surface area (Å²) in [5.41, 5.74) is -0.845. The van der Waals surface area contributed by atoms with Crippen molar-refractivity contribution >= 4 is 42.9 Å². The summed E-state index contributed by atoms with van der Waals surface area (Å²) in [5.74, 6) is -0.602. The lowest BCUT2D eigenvalue weighted by Crippen LogP contribution is -2.30. The van der Waals surface area contributed by atoms with Crippen molar-refractivity contribution in [3.8, 4) is 0 Å². The third-order valence-corrected chi connectivity index (χ3v) is 4.64. The van der Waals surface area contributed by atoms with E-state index in [1.54, 1.807) is 13.8 Å². The molecule has 0 radical (unpaired) electrons. The Hall–Kier alpha value is -1.38. The van der Waals surface area contributed by atoms with Gasteiger partial charge in [0.2, 0.25) is 0 Å². The molecule has 116 valence electrons. The van der Waals surface area contributed by atoms with Crippen LogP contribution in [0.25, 0.3) is 0 Å². The minimum absolute atomic E-state index is 0.270. The summed E-state index contributed by atoms with van der Waals surface area (Å²) in [6.45, 7) is 4.12. The number of nitro groups is 1. The number of halogens is 2. The van der Waals surface area contributed by atoms with Crippen molar-refractivity contribution in [3.05, 3.63) is 32.8 Å². The number of carbonyl (C=O) groups excluding carboxylic acids is 1. The maximum absolute atomic E-state index is 12.3. The lowest BCUT2D eigenvalue weighted by atomic mass is 10.1. The molecule has 0 heterocycles. The quantitative estimate of drug-likeness (QED) is 0.459. The monoisotopic (exact) mass is 354 g/mol. The topological polar surface area (TPSA) is 97.6 Å². The van der Waals surface area contributed by atoms with Gasteiger partial charge < -0.3 is 4.90 Å². The molecule has 1 rings (SSSR count). The van der Waals surface area contributed by atoms with Crippen LogP contribution in [-0.4, -0.2) is 37.2 Å². The van der Waals surface area contributed by atoms with E-state index in [9.17, 15) is 23.3 Å². The second-order valence-corrected chi connectivity index (χ2v) is 6.89. The first-order valence-corrected chi connectivity index (χ1v) is 8.54. The summed E-state index contributed by atoms with van der Waals surface area (Å²) in [7, 11) is 0.885. The third kappa shape index (κ3) is 3.84. The fourth-order valence-corrected chi connectivity index (χ4v) is 3.27. The van der Waals surface area contributed by atoms with E-state index in [1.807, 2.05) is 0 Å². The highest BCUT2D eigenvalue weighted by molar-refractivity contribution is 8.13. The van der Waals surface area contributed by atoms with E-state index in [-0.39, 0.29) is 5.56 Å². The summed E-state index contributed by atoms with van der Waals surface area (Å²) in [6, 6.07) is 1.66. The van der Waals surface area contributed by atoms with Crippen molar-refractivity contribution in [2.24, 2.45) is 0 Å². The molecule has 0 aliphatic carbocycles. The molecule has 0 saturated carbocycles. The Balaban J connectivity index is 3.62. The number of hydrogen-bond donors (Lipinski definition) is 0. The predicted octanol–water partition coefficient (Wildman–Crippen LogP) is 2.66. The van der Waals surface area contributed by atoms with Gasteiger partial charge in [0, 0.05) is 35.9 Å². The molecule has 1 aromatic rings. The molecule has 7 nitrogen and oxygen atoms in total. The maximum Gasteiger partial charge on any atom is 0.271 e. The van der Waals surface area contributed by atoms with Gasteiger partial charge >= 0.3 is 0 Å². The molecular formula is C11H12Cl2N2O5S. The van der Waals surface area contributed by atoms with Crippen molar-refractivity contribution in [3.63, 3.8) is 0 Å². The number of nitro benzene ring substituents is 1. The van der Waals surface area contributed by atoms with E-state index in [0.29, 0.717) is 13.1 Å². The van der Waals surface area contributed by atoms with E-state index in [4.69, 9.17) is 22.3 Å². The van der Waals surface area contributed by atoms with Crippen molar-refractivity contribution in [1.29, 1.82) is 0 Å². The number of nitrogens with zero attached hydrogens (tertiary/aromatic N) is 2. The van der Waals surface area contributed by atoms with Gasteiger partial charge in [-0.25, -0.2) is 8.42 Å². The fourth-order valence-electron chi connectivity index (χ4n) is 1.70. The van der Waals surface area contributed by atoms with Gasteiger partial charge in [-0.2, -0.15) is 0 Å². The molecule has 0 aromatic heterocycles. The molecule has 21 heavy (non-hydrogen) atoms. The van der Waals surface area contributed by atoms with Gasteiger partial charge in [0.05, 0.1) is 15.5 Å². The Morgan fingerprint density at radius 2 is 1.86 bits per heavy atom. The third-order valence-electron chi connectivity index (χ3n) is 2.78. The molecule has 1 amide bonds. The normalized spacial score (nSPS) is 11.2. The molecule has 0 N–H and O–H groups in total. The smallest absolute Gasteiger partial charge is 0.271 e. The van der Waals surface area contributed by atoms with E-state index < -0.39 is 35.5 Å². The number of benzene rings is 1. The minimum atomic E-state index is -4.32. The van der Waals surface area contributed by atoms with Crippen molar-refractivity contribution in [2.75, 3.05) is 13.1 Å². The molecule has 10 heteroatoms. The maximum atomic E-state index is 12.3. The predicted molar refractivity (Wildman–Crippen MR) is 78.4 cm³/mol. The second kappa shape index (κ2) is 6.59. The van der Waals surface area contributed by atoms with E-state index in [1.165, 1.54) is 4.90 Å². The minimum Gasteiger partial charge on any atom is -0.339 e. The molecule has 0 unspecified atom stereocenters. The zero-order chi connectivity index (χ0) is 16.4. The highest BCUT2D eigenvalue weighted by Gasteiger charge is 2.27. The van der Waals surface area contributed by atoms with Crippen LogP contribution in [0.2, 0.25) is 5.02 Å². The number of carbonyl (C=O) groups is 1. The first-order valence-electron chi connectivity index (χ1n) is 5.85. The second-order valence-electron chi connectivity index (χ2n) is 3.98. The average molecular weight is 355 g/mol. The first-order chi connectivity index (χ1) is 9.63. The summed E-state index contributed by atoms with van der Waals surface area (Å²) in [4.78, 5) is 23.0. The molecule has 0 aliphatic rings. The standard InChI is InChI=1S/C11H12Cl2N2O5S/c1-3-14(4-2)11(16)8-5-7(15(17)18)6-9(10(8)12)21(13,19)20/h5-6H,3-4H2,1-2H3. The number of hydrogen-bond acceptors (Lipinski definition) is 5. The molecular weight excluding hydrogens is 343 g/mol. The van der Waals surface area contributed by atoms with E-state index in [0.717, 1.165) is 12.1 Å². The fraction of sp³-hybridized carbons (Fsp3) is 0.364. The van der Waals surface area contributed by atoms with Crippen LogP contribution in [-0.2, 0) is 9.05 Å². The summed E-state index contributed by atoms with van der Waals surface area (Å²) in [6.07, 6.45) is 0. The largest absolute Gasteiger partial charge is 0.339 e. The Kier molecular flexibility index (Phi) is 5.54. The number of non-ortho nitro benzene ring substituents is 1. The first kappa shape index (κ1) is 17.7. The summed E-state index contributed by atoms with van der Waals surface area (Å²) >= 11 is 5.89. The van der Waals surface area contributed by atoms with Crippen LogP contribution in [0.1, 0.15) is 24.2 Å². The zero-order valence-electron chi connectivity index (χ0n) is 11.2. The highest BCUT2D eigenvalue weighted by atomic mass is 35.7. The molecule has 1 aromatic carbocycles. The molecule has 0 fully saturated rings. The Morgan fingerprint density at radius 3 is 2.24 bits per heavy atom. The Labute approximate surface area is 131 Å². The Bertz CT molecular complexity index is 686. The van der Waals surface area contributed by atoms with E-state index in [2.05, 4.69) is 0 Å². The Morgan fingerprint density at radius 1 is 1.33 bits per heavy atom. The van der Waals surface area contributed by atoms with Crippen LogP contribution < -0.4 is 0 Å². The van der Waals surface area contributed by atoms with Gasteiger partial charge in [0.1, 0.15) is 4.90 Å². The lowest BCUT2D eigenvalue weighted by Gasteiger charge is -2.19. The van der Waals surface area contributed by atoms with Crippen LogP contribution in [0, 0.1) is 10.1 Å². The molecule has 0 saturated heterocycles. The zero-order valence-corrected chi connectivity index (χ0v) is 13.5. The summed E-state index contributed by atoms with van der Waals surface area (Å²) < 4.78 is 22.9. The number of rotatable bonds is 5. The molecule has 0 aliphatic heterocycles. The van der Waals surface area contributed by atoms with Crippen LogP contribution in [0.5, 0.6) is 0 Å². The van der Waals surface area contributed by atoms with Crippen molar-refractivity contribution in [1.82, 2.24) is 4.90 Å². The van der Waals surface area contributed by atoms with Crippen LogP contribution in [0.15, 0.2) is 17.0 Å². The molecule has 0 spiro atoms. The molecule has 0 bridgehead atoms. The van der Waals surface area contributed by atoms with Gasteiger partial charge in [0.15, 0.2) is 0 Å². The average Bonchev–Trinajstić information content (AvgIpc) is 2.38. The molecule has 0 atom stereocenters. The van der Waals surface area contributed by atoms with Crippen LogP contribution in [0.3, 0.4) is 0 Å².